The van der Waals surface area contributed by atoms with Crippen molar-refractivity contribution >= 4 is 69.1 Å². The van der Waals surface area contributed by atoms with Gasteiger partial charge in [0.25, 0.3) is 11.8 Å². The first-order valence-corrected chi connectivity index (χ1v) is 14.3. The van der Waals surface area contributed by atoms with E-state index in [2.05, 4.69) is 26.1 Å². The lowest BCUT2D eigenvalue weighted by Gasteiger charge is -2.11. The zero-order valence-electron chi connectivity index (χ0n) is 21.9. The highest BCUT2D eigenvalue weighted by molar-refractivity contribution is 7.14. The molecule has 0 aliphatic carbocycles. The number of anilines is 3. The van der Waals surface area contributed by atoms with Gasteiger partial charge in [0.2, 0.25) is 0 Å². The van der Waals surface area contributed by atoms with Gasteiger partial charge in [-0.3, -0.25) is 9.59 Å². The van der Waals surface area contributed by atoms with E-state index in [1.807, 2.05) is 66.0 Å². The summed E-state index contributed by atoms with van der Waals surface area (Å²) in [5.74, 6) is -0.568. The van der Waals surface area contributed by atoms with Crippen LogP contribution in [0.2, 0.25) is 10.0 Å². The SMILES string of the molecule is O=C(COc1c(Cl)cc(/C=N/NC(=O)c2ccc(-c3csc(Nc4ccccc4)n3)cc2)cc1Cl)Nc1ccccc1. The van der Waals surface area contributed by atoms with Gasteiger partial charge in [-0.05, 0) is 54.1 Å². The van der Waals surface area contributed by atoms with Crippen molar-refractivity contribution in [2.24, 2.45) is 5.10 Å². The van der Waals surface area contributed by atoms with Crippen LogP contribution in [0.4, 0.5) is 16.5 Å². The maximum Gasteiger partial charge on any atom is 0.271 e. The molecule has 8 nitrogen and oxygen atoms in total. The fourth-order valence-corrected chi connectivity index (χ4v) is 5.13. The summed E-state index contributed by atoms with van der Waals surface area (Å²) in [6.07, 6.45) is 1.41. The lowest BCUT2D eigenvalue weighted by molar-refractivity contribution is -0.118. The van der Waals surface area contributed by atoms with Crippen LogP contribution < -0.4 is 20.8 Å². The second kappa shape index (κ2) is 13.8. The topological polar surface area (TPSA) is 105 Å². The third kappa shape index (κ3) is 7.73. The second-order valence-electron chi connectivity index (χ2n) is 8.82. The van der Waals surface area contributed by atoms with Gasteiger partial charge in [-0.15, -0.1) is 11.3 Å². The first kappa shape index (κ1) is 28.8. The predicted molar refractivity (Wildman–Crippen MR) is 169 cm³/mol. The van der Waals surface area contributed by atoms with Crippen molar-refractivity contribution < 1.29 is 14.3 Å². The summed E-state index contributed by atoms with van der Waals surface area (Å²) < 4.78 is 5.53. The van der Waals surface area contributed by atoms with Gasteiger partial charge in [-0.2, -0.15) is 5.10 Å². The molecule has 2 amide bonds. The molecular formula is C31H23Cl2N5O3S. The summed E-state index contributed by atoms with van der Waals surface area (Å²) in [6.45, 7) is -0.273. The first-order valence-electron chi connectivity index (χ1n) is 12.6. The number of ether oxygens (including phenoxy) is 1. The Morgan fingerprint density at radius 2 is 1.52 bits per heavy atom. The van der Waals surface area contributed by atoms with Gasteiger partial charge < -0.3 is 15.4 Å². The van der Waals surface area contributed by atoms with Crippen molar-refractivity contribution in [2.45, 2.75) is 0 Å². The van der Waals surface area contributed by atoms with Crippen molar-refractivity contribution in [1.82, 2.24) is 10.4 Å². The monoisotopic (exact) mass is 615 g/mol. The molecule has 210 valence electrons. The third-order valence-electron chi connectivity index (χ3n) is 5.78. The van der Waals surface area contributed by atoms with Crippen LogP contribution >= 0.6 is 34.5 Å². The number of benzene rings is 4. The Morgan fingerprint density at radius 1 is 0.881 bits per heavy atom. The molecule has 11 heteroatoms. The van der Waals surface area contributed by atoms with E-state index in [1.54, 1.807) is 36.4 Å². The van der Waals surface area contributed by atoms with E-state index in [0.29, 0.717) is 16.8 Å². The molecule has 1 heterocycles. The van der Waals surface area contributed by atoms with E-state index < -0.39 is 0 Å². The highest BCUT2D eigenvalue weighted by Crippen LogP contribution is 2.34. The zero-order chi connectivity index (χ0) is 29.3. The largest absolute Gasteiger partial charge is 0.481 e. The maximum absolute atomic E-state index is 12.6. The molecule has 0 saturated carbocycles. The number of hydrogen-bond donors (Lipinski definition) is 3. The molecule has 0 radical (unpaired) electrons. The Morgan fingerprint density at radius 3 is 2.19 bits per heavy atom. The average Bonchev–Trinajstić information content (AvgIpc) is 3.46. The molecule has 0 unspecified atom stereocenters. The van der Waals surface area contributed by atoms with Gasteiger partial charge in [0.1, 0.15) is 0 Å². The molecule has 1 aromatic heterocycles. The van der Waals surface area contributed by atoms with Gasteiger partial charge in [0, 0.05) is 27.9 Å². The summed E-state index contributed by atoms with van der Waals surface area (Å²) in [5.41, 5.74) is 6.76. The van der Waals surface area contributed by atoms with Gasteiger partial charge >= 0.3 is 0 Å². The number of nitrogens with zero attached hydrogens (tertiary/aromatic N) is 2. The van der Waals surface area contributed by atoms with E-state index in [9.17, 15) is 9.59 Å². The minimum absolute atomic E-state index is 0.172. The van der Waals surface area contributed by atoms with Crippen LogP contribution in [0.1, 0.15) is 15.9 Å². The van der Waals surface area contributed by atoms with Crippen LogP contribution in [0.25, 0.3) is 11.3 Å². The van der Waals surface area contributed by atoms with Crippen LogP contribution in [0.5, 0.6) is 5.75 Å². The molecule has 5 aromatic rings. The van der Waals surface area contributed by atoms with Gasteiger partial charge in [-0.1, -0.05) is 71.7 Å². The number of halogens is 2. The van der Waals surface area contributed by atoms with Crippen LogP contribution in [0.15, 0.2) is 108 Å². The highest BCUT2D eigenvalue weighted by atomic mass is 35.5. The molecule has 5 rings (SSSR count). The fraction of sp³-hybridized carbons (Fsp3) is 0.0323. The number of thiazole rings is 1. The molecule has 3 N–H and O–H groups in total. The number of nitrogens with one attached hydrogen (secondary N) is 3. The number of amides is 2. The molecule has 0 fully saturated rings. The van der Waals surface area contributed by atoms with E-state index in [1.165, 1.54) is 17.6 Å². The quantitative estimate of drug-likeness (QED) is 0.111. The Labute approximate surface area is 256 Å². The molecule has 0 aliphatic rings. The van der Waals surface area contributed by atoms with Crippen molar-refractivity contribution in [3.05, 3.63) is 124 Å². The number of carbonyl (C=O) groups excluding carboxylic acids is 2. The van der Waals surface area contributed by atoms with Crippen molar-refractivity contribution in [3.8, 4) is 17.0 Å². The number of hydrogen-bond acceptors (Lipinski definition) is 7. The van der Waals surface area contributed by atoms with E-state index >= 15 is 0 Å². The molecule has 0 saturated heterocycles. The molecular weight excluding hydrogens is 593 g/mol. The molecule has 4 aromatic carbocycles. The van der Waals surface area contributed by atoms with Gasteiger partial charge in [-0.25, -0.2) is 10.4 Å². The fourth-order valence-electron chi connectivity index (χ4n) is 3.78. The van der Waals surface area contributed by atoms with Crippen molar-refractivity contribution in [1.29, 1.82) is 0 Å². The Balaban J connectivity index is 1.14. The lowest BCUT2D eigenvalue weighted by atomic mass is 10.1. The summed E-state index contributed by atoms with van der Waals surface area (Å²) in [4.78, 5) is 29.4. The number of hydrazone groups is 1. The number of aromatic nitrogens is 1. The molecule has 0 aliphatic heterocycles. The van der Waals surface area contributed by atoms with E-state index in [-0.39, 0.29) is 34.2 Å². The highest BCUT2D eigenvalue weighted by Gasteiger charge is 2.12. The summed E-state index contributed by atoms with van der Waals surface area (Å²) >= 11 is 14.1. The minimum atomic E-state index is -0.385. The number of carbonyl (C=O) groups is 2. The molecule has 0 bridgehead atoms. The Kier molecular flexibility index (Phi) is 9.45. The maximum atomic E-state index is 12.6. The zero-order valence-corrected chi connectivity index (χ0v) is 24.2. The minimum Gasteiger partial charge on any atom is -0.481 e. The molecule has 0 spiro atoms. The Bertz CT molecular complexity index is 1690. The van der Waals surface area contributed by atoms with Crippen molar-refractivity contribution in [3.63, 3.8) is 0 Å². The number of para-hydroxylation sites is 2. The summed E-state index contributed by atoms with van der Waals surface area (Å²) in [6, 6.07) is 29.0. The standard InChI is InChI=1S/C31H23Cl2N5O3S/c32-25-15-20(16-26(33)29(25)41-18-28(39)35-23-7-3-1-4-8-23)17-34-38-30(40)22-13-11-21(12-14-22)27-19-42-31(37-27)36-24-9-5-2-6-10-24/h1-17,19H,18H2,(H,35,39)(H,36,37)(H,38,40)/b34-17+. The lowest BCUT2D eigenvalue weighted by Crippen LogP contribution is -2.20. The third-order valence-corrected chi connectivity index (χ3v) is 7.10. The average molecular weight is 617 g/mol. The van der Waals surface area contributed by atoms with Gasteiger partial charge in [0.05, 0.1) is 22.0 Å². The van der Waals surface area contributed by atoms with Crippen LogP contribution in [0, 0.1) is 0 Å². The Hall–Kier alpha value is -4.70. The summed E-state index contributed by atoms with van der Waals surface area (Å²) in [5, 5.41) is 13.1. The van der Waals surface area contributed by atoms with E-state index in [0.717, 1.165) is 22.1 Å². The normalized spacial score (nSPS) is 10.8. The first-order chi connectivity index (χ1) is 20.4. The van der Waals surface area contributed by atoms with Gasteiger partial charge in [0.15, 0.2) is 17.5 Å². The second-order valence-corrected chi connectivity index (χ2v) is 10.5. The number of rotatable bonds is 10. The van der Waals surface area contributed by atoms with Crippen LogP contribution in [-0.2, 0) is 4.79 Å². The van der Waals surface area contributed by atoms with E-state index in [4.69, 9.17) is 27.9 Å². The van der Waals surface area contributed by atoms with Crippen molar-refractivity contribution in [2.75, 3.05) is 17.2 Å². The summed E-state index contributed by atoms with van der Waals surface area (Å²) in [7, 11) is 0. The molecule has 0 atom stereocenters. The smallest absolute Gasteiger partial charge is 0.271 e. The predicted octanol–water partition coefficient (Wildman–Crippen LogP) is 7.64. The van der Waals surface area contributed by atoms with Crippen LogP contribution in [-0.4, -0.2) is 29.6 Å². The molecule has 42 heavy (non-hydrogen) atoms. The van der Waals surface area contributed by atoms with Crippen LogP contribution in [0.3, 0.4) is 0 Å².